The van der Waals surface area contributed by atoms with Crippen molar-refractivity contribution in [2.75, 3.05) is 0 Å². The summed E-state index contributed by atoms with van der Waals surface area (Å²) >= 11 is 3.37. The minimum Gasteiger partial charge on any atom is -0.323 e. The molecule has 1 saturated carbocycles. The van der Waals surface area contributed by atoms with E-state index in [1.165, 1.54) is 4.90 Å². The molecule has 100 valence electrons. The van der Waals surface area contributed by atoms with Crippen molar-refractivity contribution in [3.8, 4) is 0 Å². The average Bonchev–Trinajstić information content (AvgIpc) is 3.18. The molecule has 4 nitrogen and oxygen atoms in total. The number of carbonyl (C=O) groups is 2. The summed E-state index contributed by atoms with van der Waals surface area (Å²) in [5, 5.41) is 2.85. The van der Waals surface area contributed by atoms with E-state index < -0.39 is 5.54 Å². The zero-order valence-electron chi connectivity index (χ0n) is 10.6. The molecule has 0 unspecified atom stereocenters. The highest BCUT2D eigenvalue weighted by molar-refractivity contribution is 9.10. The highest BCUT2D eigenvalue weighted by atomic mass is 79.9. The zero-order chi connectivity index (χ0) is 13.6. The molecular formula is C14H15BrN2O2. The number of hydrogen-bond donors (Lipinski definition) is 1. The van der Waals surface area contributed by atoms with E-state index in [2.05, 4.69) is 21.2 Å². The first-order valence-electron chi connectivity index (χ1n) is 6.39. The molecule has 5 heteroatoms. The van der Waals surface area contributed by atoms with Gasteiger partial charge in [0.15, 0.2) is 0 Å². The highest BCUT2D eigenvalue weighted by Crippen LogP contribution is 2.42. The number of nitrogens with one attached hydrogen (secondary N) is 1. The molecule has 0 bridgehead atoms. The molecule has 2 aliphatic rings. The number of hydrogen-bond acceptors (Lipinski definition) is 2. The van der Waals surface area contributed by atoms with Gasteiger partial charge in [-0.15, -0.1) is 0 Å². The van der Waals surface area contributed by atoms with Gasteiger partial charge >= 0.3 is 6.03 Å². The van der Waals surface area contributed by atoms with Crippen molar-refractivity contribution in [3.05, 3.63) is 34.3 Å². The Morgan fingerprint density at radius 3 is 2.53 bits per heavy atom. The summed E-state index contributed by atoms with van der Waals surface area (Å²) in [5.41, 5.74) is 0.263. The molecule has 1 N–H and O–H groups in total. The van der Waals surface area contributed by atoms with Crippen LogP contribution in [-0.2, 0) is 11.3 Å². The summed E-state index contributed by atoms with van der Waals surface area (Å²) in [6.07, 6.45) is 2.04. The lowest BCUT2D eigenvalue weighted by molar-refractivity contribution is -0.131. The summed E-state index contributed by atoms with van der Waals surface area (Å²) in [7, 11) is 0. The molecular weight excluding hydrogens is 308 g/mol. The van der Waals surface area contributed by atoms with E-state index in [-0.39, 0.29) is 11.9 Å². The summed E-state index contributed by atoms with van der Waals surface area (Å²) < 4.78 is 0.983. The van der Waals surface area contributed by atoms with Crippen molar-refractivity contribution < 1.29 is 9.59 Å². The van der Waals surface area contributed by atoms with Crippen molar-refractivity contribution >= 4 is 27.9 Å². The Labute approximate surface area is 120 Å². The van der Waals surface area contributed by atoms with E-state index in [0.29, 0.717) is 12.5 Å². The van der Waals surface area contributed by atoms with E-state index in [4.69, 9.17) is 0 Å². The third-order valence-electron chi connectivity index (χ3n) is 3.95. The third kappa shape index (κ3) is 2.16. The fourth-order valence-corrected chi connectivity index (χ4v) is 2.83. The predicted molar refractivity (Wildman–Crippen MR) is 74.4 cm³/mol. The molecule has 0 aromatic heterocycles. The number of benzene rings is 1. The molecule has 1 aliphatic carbocycles. The van der Waals surface area contributed by atoms with Crippen LogP contribution in [0.4, 0.5) is 4.79 Å². The standard InChI is InChI=1S/C14H15BrN2O2/c1-14(10-4-5-10)12(18)17(13(19)16-14)8-9-2-6-11(15)7-3-9/h2-3,6-7,10H,4-5,8H2,1H3,(H,16,19)/t14-/m1/s1. The van der Waals surface area contributed by atoms with Crippen LogP contribution < -0.4 is 5.32 Å². The summed E-state index contributed by atoms with van der Waals surface area (Å²) in [4.78, 5) is 25.7. The van der Waals surface area contributed by atoms with Crippen molar-refractivity contribution in [2.45, 2.75) is 31.8 Å². The lowest BCUT2D eigenvalue weighted by atomic mass is 9.96. The maximum atomic E-state index is 12.4. The molecule has 1 aromatic carbocycles. The molecule has 1 aliphatic heterocycles. The second-order valence-corrected chi connectivity index (χ2v) is 6.34. The molecule has 1 aromatic rings. The van der Waals surface area contributed by atoms with Gasteiger partial charge in [-0.3, -0.25) is 9.69 Å². The Morgan fingerprint density at radius 1 is 1.32 bits per heavy atom. The van der Waals surface area contributed by atoms with Crippen LogP contribution in [-0.4, -0.2) is 22.4 Å². The molecule has 3 rings (SSSR count). The molecule has 1 saturated heterocycles. The maximum Gasteiger partial charge on any atom is 0.325 e. The Balaban J connectivity index is 1.79. The zero-order valence-corrected chi connectivity index (χ0v) is 12.2. The van der Waals surface area contributed by atoms with Gasteiger partial charge in [0.25, 0.3) is 5.91 Å². The normalized spacial score (nSPS) is 26.7. The maximum absolute atomic E-state index is 12.4. The van der Waals surface area contributed by atoms with Gasteiger partial charge < -0.3 is 5.32 Å². The molecule has 1 atom stereocenters. The number of amides is 3. The van der Waals surface area contributed by atoms with Gasteiger partial charge in [-0.25, -0.2) is 4.79 Å². The van der Waals surface area contributed by atoms with Crippen LogP contribution in [0.5, 0.6) is 0 Å². The minimum absolute atomic E-state index is 0.0945. The average molecular weight is 323 g/mol. The molecule has 0 radical (unpaired) electrons. The monoisotopic (exact) mass is 322 g/mol. The number of imide groups is 1. The highest BCUT2D eigenvalue weighted by Gasteiger charge is 2.55. The van der Waals surface area contributed by atoms with E-state index in [1.54, 1.807) is 0 Å². The van der Waals surface area contributed by atoms with Crippen molar-refractivity contribution in [1.29, 1.82) is 0 Å². The quantitative estimate of drug-likeness (QED) is 0.870. The van der Waals surface area contributed by atoms with Gasteiger partial charge in [-0.2, -0.15) is 0 Å². The number of urea groups is 1. The van der Waals surface area contributed by atoms with Crippen LogP contribution in [0.3, 0.4) is 0 Å². The van der Waals surface area contributed by atoms with Crippen LogP contribution in [0.15, 0.2) is 28.7 Å². The fourth-order valence-electron chi connectivity index (χ4n) is 2.57. The topological polar surface area (TPSA) is 49.4 Å². The number of halogens is 1. The van der Waals surface area contributed by atoms with Gasteiger partial charge in [-0.05, 0) is 43.4 Å². The second-order valence-electron chi connectivity index (χ2n) is 5.42. The summed E-state index contributed by atoms with van der Waals surface area (Å²) in [5.74, 6) is 0.210. The number of carbonyl (C=O) groups excluding carboxylic acids is 2. The molecule has 19 heavy (non-hydrogen) atoms. The molecule has 0 spiro atoms. The van der Waals surface area contributed by atoms with Gasteiger partial charge in [-0.1, -0.05) is 28.1 Å². The van der Waals surface area contributed by atoms with Crippen LogP contribution in [0.25, 0.3) is 0 Å². The van der Waals surface area contributed by atoms with Gasteiger partial charge in [0.05, 0.1) is 6.54 Å². The van der Waals surface area contributed by atoms with Gasteiger partial charge in [0.2, 0.25) is 0 Å². The Hall–Kier alpha value is -1.36. The number of rotatable bonds is 3. The van der Waals surface area contributed by atoms with Crippen molar-refractivity contribution in [2.24, 2.45) is 5.92 Å². The van der Waals surface area contributed by atoms with Crippen molar-refractivity contribution in [3.63, 3.8) is 0 Å². The summed E-state index contributed by atoms with van der Waals surface area (Å²) in [6.45, 7) is 2.17. The number of nitrogens with zero attached hydrogens (tertiary/aromatic N) is 1. The first-order valence-corrected chi connectivity index (χ1v) is 7.18. The Bertz CT molecular complexity index is 539. The SMILES string of the molecule is C[C@]1(C2CC2)NC(=O)N(Cc2ccc(Br)cc2)C1=O. The predicted octanol–water partition coefficient (Wildman–Crippen LogP) is 2.67. The lowest BCUT2D eigenvalue weighted by Crippen LogP contribution is -2.46. The molecule has 3 amide bonds. The van der Waals surface area contributed by atoms with E-state index in [0.717, 1.165) is 22.9 Å². The van der Waals surface area contributed by atoms with E-state index in [9.17, 15) is 9.59 Å². The van der Waals surface area contributed by atoms with Crippen molar-refractivity contribution in [1.82, 2.24) is 10.2 Å². The van der Waals surface area contributed by atoms with E-state index >= 15 is 0 Å². The Kier molecular flexibility index (Phi) is 2.89. The van der Waals surface area contributed by atoms with E-state index in [1.807, 2.05) is 31.2 Å². The smallest absolute Gasteiger partial charge is 0.323 e. The Morgan fingerprint density at radius 2 is 1.95 bits per heavy atom. The molecule has 2 fully saturated rings. The van der Waals surface area contributed by atoms with Crippen LogP contribution in [0, 0.1) is 5.92 Å². The van der Waals surface area contributed by atoms with Gasteiger partial charge in [0.1, 0.15) is 5.54 Å². The third-order valence-corrected chi connectivity index (χ3v) is 4.48. The molecule has 1 heterocycles. The largest absolute Gasteiger partial charge is 0.325 e. The lowest BCUT2D eigenvalue weighted by Gasteiger charge is -2.21. The van der Waals surface area contributed by atoms with Crippen LogP contribution >= 0.6 is 15.9 Å². The summed E-state index contributed by atoms with van der Waals surface area (Å²) in [6, 6.07) is 7.37. The first kappa shape index (κ1) is 12.7. The van der Waals surface area contributed by atoms with Gasteiger partial charge in [0, 0.05) is 4.47 Å². The van der Waals surface area contributed by atoms with Crippen LogP contribution in [0.1, 0.15) is 25.3 Å². The van der Waals surface area contributed by atoms with Crippen LogP contribution in [0.2, 0.25) is 0 Å². The first-order chi connectivity index (χ1) is 9.00. The minimum atomic E-state index is -0.688. The fraction of sp³-hybridized carbons (Fsp3) is 0.429. The second kappa shape index (κ2) is 4.34.